The lowest BCUT2D eigenvalue weighted by molar-refractivity contribution is -0.138. The Hall–Kier alpha value is -5.42. The van der Waals surface area contributed by atoms with Crippen LogP contribution in [0.25, 0.3) is 0 Å². The van der Waals surface area contributed by atoms with Crippen LogP contribution in [-0.4, -0.2) is 92.2 Å². The molecule has 5 amide bonds. The Morgan fingerprint density at radius 2 is 1.59 bits per heavy atom. The van der Waals surface area contributed by atoms with Crippen molar-refractivity contribution < 1.29 is 37.1 Å². The molecule has 346 valence electrons. The number of nitrogens with zero attached hydrogens (tertiary/aromatic N) is 2. The molecule has 3 rings (SSSR count). The van der Waals surface area contributed by atoms with Gasteiger partial charge in [0.05, 0.1) is 4.90 Å². The van der Waals surface area contributed by atoms with Crippen LogP contribution in [0, 0.1) is 26.7 Å². The second-order valence-corrected chi connectivity index (χ2v) is 19.1. The SMILES string of the molecule is C=CCN(C)C(=O)[C@H](NC(=O)[C@H](CC)NC(=O)[C@H](CCCN=C(N)NS(=O)(=O)c1c(C)c(C)c2c(c1C)CC(C)(C)O2)NC(=O)C(C)(CC=C)NC(=O)C(C)C)c1ccc(Cl)cc1. The highest BCUT2D eigenvalue weighted by molar-refractivity contribution is 7.90. The van der Waals surface area contributed by atoms with Crippen LogP contribution in [0.1, 0.15) is 101 Å². The number of nitrogens with two attached hydrogens (primary N) is 1. The average molecular weight is 914 g/mol. The topological polar surface area (TPSA) is 230 Å². The molecule has 4 atom stereocenters. The number of ether oxygens (including phenoxy) is 1. The van der Waals surface area contributed by atoms with E-state index in [1.54, 1.807) is 72.0 Å². The van der Waals surface area contributed by atoms with E-state index in [1.165, 1.54) is 17.9 Å². The number of carbonyl (C=O) groups is 5. The molecular weight excluding hydrogens is 848 g/mol. The van der Waals surface area contributed by atoms with Gasteiger partial charge in [0, 0.05) is 43.1 Å². The van der Waals surface area contributed by atoms with Gasteiger partial charge in [-0.3, -0.25) is 29.0 Å². The Morgan fingerprint density at radius 1 is 0.968 bits per heavy atom. The van der Waals surface area contributed by atoms with Gasteiger partial charge >= 0.3 is 0 Å². The van der Waals surface area contributed by atoms with Crippen LogP contribution in [0.15, 0.2) is 59.5 Å². The highest BCUT2D eigenvalue weighted by Gasteiger charge is 2.39. The van der Waals surface area contributed by atoms with Gasteiger partial charge in [-0.15, -0.1) is 13.2 Å². The molecule has 0 radical (unpaired) electrons. The normalized spacial score (nSPS) is 15.7. The second-order valence-electron chi connectivity index (χ2n) is 17.0. The second kappa shape index (κ2) is 21.8. The van der Waals surface area contributed by atoms with E-state index in [-0.39, 0.29) is 49.6 Å². The van der Waals surface area contributed by atoms with Crippen LogP contribution in [0.2, 0.25) is 5.02 Å². The van der Waals surface area contributed by atoms with Crippen molar-refractivity contribution in [2.45, 2.75) is 129 Å². The Bertz CT molecular complexity index is 2210. The van der Waals surface area contributed by atoms with E-state index >= 15 is 0 Å². The predicted octanol–water partition coefficient (Wildman–Crippen LogP) is 4.34. The number of aliphatic imine (C=N–C) groups is 1. The molecule has 0 spiro atoms. The van der Waals surface area contributed by atoms with Crippen LogP contribution in [-0.2, 0) is 40.4 Å². The Morgan fingerprint density at radius 3 is 2.16 bits per heavy atom. The number of rotatable bonds is 21. The zero-order valence-corrected chi connectivity index (χ0v) is 39.7. The maximum Gasteiger partial charge on any atom is 0.264 e. The fourth-order valence-electron chi connectivity index (χ4n) is 7.17. The van der Waals surface area contributed by atoms with Gasteiger partial charge in [-0.2, -0.15) is 0 Å². The van der Waals surface area contributed by atoms with Gasteiger partial charge in [-0.1, -0.05) is 56.7 Å². The van der Waals surface area contributed by atoms with Crippen molar-refractivity contribution >= 4 is 57.1 Å². The molecule has 63 heavy (non-hydrogen) atoms. The van der Waals surface area contributed by atoms with Crippen molar-refractivity contribution in [3.63, 3.8) is 0 Å². The van der Waals surface area contributed by atoms with Gasteiger partial charge in [0.2, 0.25) is 35.5 Å². The lowest BCUT2D eigenvalue weighted by Crippen LogP contribution is -2.61. The third kappa shape index (κ3) is 13.3. The van der Waals surface area contributed by atoms with Gasteiger partial charge < -0.3 is 36.6 Å². The van der Waals surface area contributed by atoms with E-state index in [0.29, 0.717) is 39.4 Å². The maximum absolute atomic E-state index is 14.1. The summed E-state index contributed by atoms with van der Waals surface area (Å²) in [4.78, 5) is 73.9. The third-order valence-corrected chi connectivity index (χ3v) is 12.8. The van der Waals surface area contributed by atoms with Crippen molar-refractivity contribution in [2.24, 2.45) is 16.6 Å². The molecule has 18 heteroatoms. The number of carbonyl (C=O) groups excluding carboxylic acids is 5. The smallest absolute Gasteiger partial charge is 0.264 e. The lowest BCUT2D eigenvalue weighted by atomic mass is 9.94. The molecule has 0 saturated carbocycles. The van der Waals surface area contributed by atoms with Gasteiger partial charge in [-0.05, 0) is 102 Å². The quantitative estimate of drug-likeness (QED) is 0.0452. The summed E-state index contributed by atoms with van der Waals surface area (Å²) in [7, 11) is -2.62. The molecule has 16 nitrogen and oxygen atoms in total. The molecule has 0 fully saturated rings. The molecule has 1 unspecified atom stereocenters. The summed E-state index contributed by atoms with van der Waals surface area (Å²) in [6.07, 6.45) is 3.75. The predicted molar refractivity (Wildman–Crippen MR) is 246 cm³/mol. The summed E-state index contributed by atoms with van der Waals surface area (Å²) in [5.41, 5.74) is 7.20. The zero-order chi connectivity index (χ0) is 47.6. The molecule has 1 heterocycles. The van der Waals surface area contributed by atoms with Gasteiger partial charge in [0.1, 0.15) is 35.0 Å². The highest BCUT2D eigenvalue weighted by atomic mass is 35.5. The number of amides is 5. The van der Waals surface area contributed by atoms with Crippen LogP contribution >= 0.6 is 11.6 Å². The van der Waals surface area contributed by atoms with Crippen LogP contribution in [0.3, 0.4) is 0 Å². The fourth-order valence-corrected chi connectivity index (χ4v) is 8.82. The van der Waals surface area contributed by atoms with E-state index in [9.17, 15) is 32.4 Å². The summed E-state index contributed by atoms with van der Waals surface area (Å²) in [5, 5.41) is 11.4. The molecule has 1 aliphatic rings. The first-order valence-corrected chi connectivity index (χ1v) is 22.8. The monoisotopic (exact) mass is 912 g/mol. The number of fused-ring (bicyclic) bond motifs is 1. The summed E-state index contributed by atoms with van der Waals surface area (Å²) in [6.45, 7) is 23.2. The average Bonchev–Trinajstić information content (AvgIpc) is 3.54. The van der Waals surface area contributed by atoms with E-state index in [1.807, 2.05) is 20.8 Å². The summed E-state index contributed by atoms with van der Waals surface area (Å²) in [5.74, 6) is -3.07. The van der Waals surface area contributed by atoms with Crippen molar-refractivity contribution in [1.82, 2.24) is 30.9 Å². The van der Waals surface area contributed by atoms with Crippen molar-refractivity contribution in [2.75, 3.05) is 20.1 Å². The van der Waals surface area contributed by atoms with Crippen LogP contribution < -0.4 is 36.5 Å². The molecule has 7 N–H and O–H groups in total. The minimum absolute atomic E-state index is 0.0283. The minimum atomic E-state index is -4.19. The van der Waals surface area contributed by atoms with Crippen molar-refractivity contribution in [3.05, 3.63) is 82.4 Å². The van der Waals surface area contributed by atoms with E-state index in [4.69, 9.17) is 22.1 Å². The van der Waals surface area contributed by atoms with Crippen LogP contribution in [0.4, 0.5) is 0 Å². The number of hydrogen-bond acceptors (Lipinski definition) is 9. The molecule has 0 aliphatic carbocycles. The molecular formula is C45H65ClN8O8S. The molecule has 1 aliphatic heterocycles. The van der Waals surface area contributed by atoms with E-state index in [0.717, 1.165) is 5.56 Å². The maximum atomic E-state index is 14.1. The molecule has 2 aromatic rings. The number of hydrogen-bond donors (Lipinski definition) is 6. The van der Waals surface area contributed by atoms with Crippen molar-refractivity contribution in [3.8, 4) is 5.75 Å². The van der Waals surface area contributed by atoms with Crippen LogP contribution in [0.5, 0.6) is 5.75 Å². The Balaban J connectivity index is 1.88. The molecule has 0 aromatic heterocycles. The van der Waals surface area contributed by atoms with E-state index in [2.05, 4.69) is 44.1 Å². The Labute approximate surface area is 377 Å². The summed E-state index contributed by atoms with van der Waals surface area (Å²) < 4.78 is 36.0. The number of sulfonamides is 1. The Kier molecular flexibility index (Phi) is 18.0. The summed E-state index contributed by atoms with van der Waals surface area (Å²) >= 11 is 6.10. The lowest BCUT2D eigenvalue weighted by Gasteiger charge is -2.32. The molecule has 0 bridgehead atoms. The number of guanidine groups is 1. The number of halogens is 1. The number of nitrogens with one attached hydrogen (secondary N) is 5. The molecule has 0 saturated heterocycles. The fraction of sp³-hybridized carbons (Fsp3) is 0.511. The van der Waals surface area contributed by atoms with Gasteiger partial charge in [0.15, 0.2) is 0 Å². The zero-order valence-electron chi connectivity index (χ0n) is 38.2. The third-order valence-electron chi connectivity index (χ3n) is 10.9. The first-order chi connectivity index (χ1) is 29.3. The molecule has 2 aromatic carbocycles. The van der Waals surface area contributed by atoms with Gasteiger partial charge in [0.25, 0.3) is 10.0 Å². The summed E-state index contributed by atoms with van der Waals surface area (Å²) in [6, 6.07) is 2.85. The number of benzene rings is 2. The first kappa shape index (κ1) is 51.9. The highest BCUT2D eigenvalue weighted by Crippen LogP contribution is 2.43. The van der Waals surface area contributed by atoms with Gasteiger partial charge in [-0.25, -0.2) is 13.1 Å². The van der Waals surface area contributed by atoms with E-state index < -0.39 is 74.7 Å². The first-order valence-electron chi connectivity index (χ1n) is 20.9. The minimum Gasteiger partial charge on any atom is -0.487 e. The largest absolute Gasteiger partial charge is 0.487 e. The standard InChI is InChI=1S/C45H65ClN8O8S/c1-13-22-45(11,52-38(55)26(4)5)42(59)50-34(40(57)49-33(15-3)39(56)51-35(41(58)54(12)24-14-2)30-18-20-31(46)21-19-30)17-16-23-48-43(47)53-63(60,61)37-28(7)27(6)36-32(29(37)8)25-44(9,10)62-36/h13-14,18-21,26,33-35H,1-2,15-17,22-25H2,3-12H3,(H,49,57)(H,50,59)(H,51,56)(H,52,55)(H3,47,48,53)/t33-,34-,35+,45?/m0/s1. The number of likely N-dealkylation sites (N-methyl/N-ethyl adjacent to an activating group) is 1. The van der Waals surface area contributed by atoms with Crippen molar-refractivity contribution in [1.29, 1.82) is 0 Å².